The molecular weight excluding hydrogens is 338 g/mol. The summed E-state index contributed by atoms with van der Waals surface area (Å²) in [6.45, 7) is 2.30. The second kappa shape index (κ2) is 7.47. The van der Waals surface area contributed by atoms with Crippen LogP contribution in [0.15, 0.2) is 35.5 Å². The Labute approximate surface area is 151 Å². The first-order valence-electron chi connectivity index (χ1n) is 8.44. The van der Waals surface area contributed by atoms with E-state index >= 15 is 0 Å². The molecule has 1 aromatic rings. The molecule has 0 radical (unpaired) electrons. The molecule has 138 valence electrons. The van der Waals surface area contributed by atoms with Gasteiger partial charge in [-0.05, 0) is 24.1 Å². The lowest BCUT2D eigenvalue weighted by Gasteiger charge is -2.32. The van der Waals surface area contributed by atoms with E-state index in [9.17, 15) is 14.4 Å². The fourth-order valence-electron chi connectivity index (χ4n) is 2.99. The quantitative estimate of drug-likeness (QED) is 0.742. The number of hydrogen-bond donors (Lipinski definition) is 2. The van der Waals surface area contributed by atoms with E-state index in [-0.39, 0.29) is 19.1 Å². The second-order valence-electron chi connectivity index (χ2n) is 6.03. The highest BCUT2D eigenvalue weighted by Gasteiger charge is 2.42. The number of carbonyl (C=O) groups is 3. The molecule has 2 N–H and O–H groups in total. The van der Waals surface area contributed by atoms with Crippen molar-refractivity contribution in [2.45, 2.75) is 19.4 Å². The van der Waals surface area contributed by atoms with Crippen LogP contribution in [0.4, 0.5) is 4.79 Å². The van der Waals surface area contributed by atoms with Crippen LogP contribution in [0.1, 0.15) is 24.9 Å². The Morgan fingerprint density at radius 2 is 2.08 bits per heavy atom. The Kier molecular flexibility index (Phi) is 5.11. The molecule has 0 saturated carbocycles. The molecule has 0 unspecified atom stereocenters. The van der Waals surface area contributed by atoms with Gasteiger partial charge in [-0.3, -0.25) is 9.69 Å². The SMILES string of the molecule is CCCNC(=O)CN1C(=O)N[C@H](c2ccc(OC)cc2)C2=C1COC2=O. The number of carbonyl (C=O) groups excluding carboxylic acids is 3. The van der Waals surface area contributed by atoms with E-state index in [0.717, 1.165) is 12.0 Å². The van der Waals surface area contributed by atoms with Crippen LogP contribution in [0.25, 0.3) is 0 Å². The zero-order valence-corrected chi connectivity index (χ0v) is 14.7. The number of nitrogens with one attached hydrogen (secondary N) is 2. The highest BCUT2D eigenvalue weighted by molar-refractivity contribution is 5.98. The van der Waals surface area contributed by atoms with Gasteiger partial charge in [0.1, 0.15) is 18.9 Å². The van der Waals surface area contributed by atoms with Gasteiger partial charge in [-0.25, -0.2) is 9.59 Å². The Morgan fingerprint density at radius 3 is 2.73 bits per heavy atom. The van der Waals surface area contributed by atoms with Crippen molar-refractivity contribution in [2.24, 2.45) is 0 Å². The predicted molar refractivity (Wildman–Crippen MR) is 92.3 cm³/mol. The van der Waals surface area contributed by atoms with E-state index in [0.29, 0.717) is 23.6 Å². The van der Waals surface area contributed by atoms with Crippen molar-refractivity contribution < 1.29 is 23.9 Å². The van der Waals surface area contributed by atoms with E-state index in [4.69, 9.17) is 9.47 Å². The Morgan fingerprint density at radius 1 is 1.35 bits per heavy atom. The topological polar surface area (TPSA) is 97.0 Å². The van der Waals surface area contributed by atoms with Gasteiger partial charge in [0.15, 0.2) is 0 Å². The summed E-state index contributed by atoms with van der Waals surface area (Å²) in [6, 6.07) is 6.02. The first kappa shape index (κ1) is 17.8. The van der Waals surface area contributed by atoms with E-state index in [1.165, 1.54) is 4.90 Å². The van der Waals surface area contributed by atoms with Crippen molar-refractivity contribution in [3.63, 3.8) is 0 Å². The first-order valence-corrected chi connectivity index (χ1v) is 8.44. The maximum Gasteiger partial charge on any atom is 0.338 e. The second-order valence-corrected chi connectivity index (χ2v) is 6.03. The minimum Gasteiger partial charge on any atom is -0.497 e. The lowest BCUT2D eigenvalue weighted by molar-refractivity contribution is -0.136. The summed E-state index contributed by atoms with van der Waals surface area (Å²) in [7, 11) is 1.56. The third kappa shape index (κ3) is 3.35. The van der Waals surface area contributed by atoms with Gasteiger partial charge in [-0.2, -0.15) is 0 Å². The van der Waals surface area contributed by atoms with Crippen molar-refractivity contribution in [1.29, 1.82) is 0 Å². The predicted octanol–water partition coefficient (Wildman–Crippen LogP) is 1.10. The van der Waals surface area contributed by atoms with Crippen molar-refractivity contribution in [2.75, 3.05) is 26.8 Å². The van der Waals surface area contributed by atoms with Gasteiger partial charge in [0.05, 0.1) is 24.4 Å². The van der Waals surface area contributed by atoms with Crippen LogP contribution in [-0.2, 0) is 14.3 Å². The molecule has 3 rings (SSSR count). The molecule has 1 aromatic carbocycles. The van der Waals surface area contributed by atoms with Gasteiger partial charge < -0.3 is 20.1 Å². The zero-order chi connectivity index (χ0) is 18.7. The van der Waals surface area contributed by atoms with E-state index in [2.05, 4.69) is 10.6 Å². The lowest BCUT2D eigenvalue weighted by Crippen LogP contribution is -2.50. The molecule has 0 saturated heterocycles. The maximum atomic E-state index is 12.6. The number of methoxy groups -OCH3 is 1. The summed E-state index contributed by atoms with van der Waals surface area (Å²) >= 11 is 0. The number of urea groups is 1. The van der Waals surface area contributed by atoms with Gasteiger partial charge in [0.25, 0.3) is 0 Å². The number of amides is 3. The molecule has 2 aliphatic heterocycles. The number of benzene rings is 1. The Balaban J connectivity index is 1.89. The smallest absolute Gasteiger partial charge is 0.338 e. The summed E-state index contributed by atoms with van der Waals surface area (Å²) in [5, 5.41) is 5.52. The normalized spacial score (nSPS) is 19.0. The van der Waals surface area contributed by atoms with Crippen LogP contribution in [0.2, 0.25) is 0 Å². The summed E-state index contributed by atoms with van der Waals surface area (Å²) in [6.07, 6.45) is 0.799. The molecule has 0 aliphatic carbocycles. The van der Waals surface area contributed by atoms with Crippen LogP contribution >= 0.6 is 0 Å². The molecule has 0 aromatic heterocycles. The lowest BCUT2D eigenvalue weighted by atomic mass is 9.95. The third-order valence-corrected chi connectivity index (χ3v) is 4.32. The number of ether oxygens (including phenoxy) is 2. The van der Waals surface area contributed by atoms with Gasteiger partial charge >= 0.3 is 12.0 Å². The number of esters is 1. The van der Waals surface area contributed by atoms with Crippen LogP contribution in [0, 0.1) is 0 Å². The molecule has 2 heterocycles. The molecule has 8 nitrogen and oxygen atoms in total. The first-order chi connectivity index (χ1) is 12.5. The summed E-state index contributed by atoms with van der Waals surface area (Å²) in [4.78, 5) is 38.1. The van der Waals surface area contributed by atoms with Crippen molar-refractivity contribution in [1.82, 2.24) is 15.5 Å². The minimum absolute atomic E-state index is 0.0186. The fourth-order valence-corrected chi connectivity index (χ4v) is 2.99. The molecule has 3 amide bonds. The van der Waals surface area contributed by atoms with Gasteiger partial charge in [0, 0.05) is 6.54 Å². The van der Waals surface area contributed by atoms with Crippen molar-refractivity contribution in [3.05, 3.63) is 41.1 Å². The number of rotatable bonds is 6. The average molecular weight is 359 g/mol. The fraction of sp³-hybridized carbons (Fsp3) is 0.389. The molecule has 0 bridgehead atoms. The Hall–Kier alpha value is -3.03. The molecule has 2 aliphatic rings. The van der Waals surface area contributed by atoms with Crippen LogP contribution in [-0.4, -0.2) is 49.6 Å². The summed E-state index contributed by atoms with van der Waals surface area (Å²) < 4.78 is 10.3. The minimum atomic E-state index is -0.617. The maximum absolute atomic E-state index is 12.6. The summed E-state index contributed by atoms with van der Waals surface area (Å²) in [5.41, 5.74) is 1.53. The molecule has 8 heteroatoms. The van der Waals surface area contributed by atoms with E-state index in [1.807, 2.05) is 6.92 Å². The van der Waals surface area contributed by atoms with Gasteiger partial charge in [-0.15, -0.1) is 0 Å². The molecule has 1 atom stereocenters. The number of cyclic esters (lactones) is 1. The third-order valence-electron chi connectivity index (χ3n) is 4.32. The van der Waals surface area contributed by atoms with Crippen LogP contribution in [0.5, 0.6) is 5.75 Å². The summed E-state index contributed by atoms with van der Waals surface area (Å²) in [5.74, 6) is -0.0933. The molecule has 26 heavy (non-hydrogen) atoms. The average Bonchev–Trinajstić information content (AvgIpc) is 3.04. The number of hydrogen-bond acceptors (Lipinski definition) is 5. The molecule has 0 fully saturated rings. The monoisotopic (exact) mass is 359 g/mol. The van der Waals surface area contributed by atoms with Crippen LogP contribution in [0.3, 0.4) is 0 Å². The van der Waals surface area contributed by atoms with Gasteiger partial charge in [-0.1, -0.05) is 19.1 Å². The Bertz CT molecular complexity index is 757. The zero-order valence-electron chi connectivity index (χ0n) is 14.7. The van der Waals surface area contributed by atoms with Crippen LogP contribution < -0.4 is 15.4 Å². The van der Waals surface area contributed by atoms with Crippen molar-refractivity contribution >= 4 is 17.9 Å². The standard InChI is InChI=1S/C18H21N3O5/c1-3-8-19-14(22)9-21-13-10-26-17(23)15(13)16(20-18(21)24)11-4-6-12(25-2)7-5-11/h4-7,16H,3,8-10H2,1-2H3,(H,19,22)(H,20,24)/t16-/m1/s1. The highest BCUT2D eigenvalue weighted by atomic mass is 16.5. The van der Waals surface area contributed by atoms with E-state index in [1.54, 1.807) is 31.4 Å². The largest absolute Gasteiger partial charge is 0.497 e. The van der Waals surface area contributed by atoms with Gasteiger partial charge in [0.2, 0.25) is 5.91 Å². The highest BCUT2D eigenvalue weighted by Crippen LogP contribution is 2.35. The van der Waals surface area contributed by atoms with E-state index < -0.39 is 18.0 Å². The number of nitrogens with zero attached hydrogens (tertiary/aromatic N) is 1. The van der Waals surface area contributed by atoms with Crippen molar-refractivity contribution in [3.8, 4) is 5.75 Å². The molecule has 0 spiro atoms. The molecular formula is C18H21N3O5.